The lowest BCUT2D eigenvalue weighted by Crippen LogP contribution is -2.40. The van der Waals surface area contributed by atoms with E-state index in [1.165, 1.54) is 0 Å². The van der Waals surface area contributed by atoms with Crippen LogP contribution in [0.5, 0.6) is 5.75 Å². The van der Waals surface area contributed by atoms with Crippen LogP contribution in [0.2, 0.25) is 0 Å². The van der Waals surface area contributed by atoms with Crippen molar-refractivity contribution in [1.82, 2.24) is 24.8 Å². The SMILES string of the molecule is COc1ccc(C(NC(=O)N(C)Cc2ccccn2)c2nccn2C)cc1. The van der Waals surface area contributed by atoms with E-state index in [9.17, 15) is 4.79 Å². The van der Waals surface area contributed by atoms with Crippen LogP contribution in [0.15, 0.2) is 61.1 Å². The van der Waals surface area contributed by atoms with E-state index in [2.05, 4.69) is 15.3 Å². The second kappa shape index (κ2) is 8.35. The minimum atomic E-state index is -0.380. The van der Waals surface area contributed by atoms with E-state index in [1.807, 2.05) is 60.3 Å². The summed E-state index contributed by atoms with van der Waals surface area (Å²) in [6.45, 7) is 0.419. The number of carbonyl (C=O) groups excluding carboxylic acids is 1. The van der Waals surface area contributed by atoms with Gasteiger partial charge in [-0.25, -0.2) is 9.78 Å². The zero-order valence-electron chi connectivity index (χ0n) is 15.7. The van der Waals surface area contributed by atoms with Crippen LogP contribution in [0.1, 0.15) is 23.1 Å². The molecule has 0 saturated heterocycles. The van der Waals surface area contributed by atoms with Crippen LogP contribution in [0, 0.1) is 0 Å². The highest BCUT2D eigenvalue weighted by atomic mass is 16.5. The lowest BCUT2D eigenvalue weighted by atomic mass is 10.1. The lowest BCUT2D eigenvalue weighted by Gasteiger charge is -2.24. The molecule has 1 unspecified atom stereocenters. The molecule has 0 fully saturated rings. The number of aromatic nitrogens is 3. The van der Waals surface area contributed by atoms with Crippen molar-refractivity contribution in [1.29, 1.82) is 0 Å². The molecule has 2 aromatic heterocycles. The first kappa shape index (κ1) is 18.4. The molecule has 0 aliphatic rings. The van der Waals surface area contributed by atoms with Crippen molar-refractivity contribution in [2.24, 2.45) is 7.05 Å². The van der Waals surface area contributed by atoms with Gasteiger partial charge in [0.05, 0.1) is 19.3 Å². The number of hydrogen-bond donors (Lipinski definition) is 1. The van der Waals surface area contributed by atoms with Gasteiger partial charge in [0.1, 0.15) is 17.6 Å². The van der Waals surface area contributed by atoms with Gasteiger partial charge in [-0.05, 0) is 29.8 Å². The van der Waals surface area contributed by atoms with Crippen molar-refractivity contribution < 1.29 is 9.53 Å². The van der Waals surface area contributed by atoms with Crippen molar-refractivity contribution >= 4 is 6.03 Å². The minimum Gasteiger partial charge on any atom is -0.497 e. The standard InChI is InChI=1S/C20H23N5O2/c1-24-13-12-22-19(24)18(15-7-9-17(27-3)10-8-15)23-20(26)25(2)14-16-6-4-5-11-21-16/h4-13,18H,14H2,1-3H3,(H,23,26). The fourth-order valence-electron chi connectivity index (χ4n) is 2.79. The molecule has 0 bridgehead atoms. The molecule has 7 nitrogen and oxygen atoms in total. The number of amides is 2. The Morgan fingerprint density at radius 3 is 2.56 bits per heavy atom. The summed E-state index contributed by atoms with van der Waals surface area (Å²) in [6, 6.07) is 12.7. The molecule has 1 N–H and O–H groups in total. The van der Waals surface area contributed by atoms with E-state index >= 15 is 0 Å². The number of urea groups is 1. The van der Waals surface area contributed by atoms with E-state index < -0.39 is 0 Å². The van der Waals surface area contributed by atoms with Crippen molar-refractivity contribution in [3.05, 3.63) is 78.1 Å². The summed E-state index contributed by atoms with van der Waals surface area (Å²) in [6.07, 6.45) is 5.29. The van der Waals surface area contributed by atoms with Crippen LogP contribution in [0.3, 0.4) is 0 Å². The van der Waals surface area contributed by atoms with Gasteiger partial charge < -0.3 is 19.5 Å². The number of hydrogen-bond acceptors (Lipinski definition) is 4. The van der Waals surface area contributed by atoms with Crippen LogP contribution < -0.4 is 10.1 Å². The van der Waals surface area contributed by atoms with Crippen LogP contribution in [-0.4, -0.2) is 39.6 Å². The highest BCUT2D eigenvalue weighted by molar-refractivity contribution is 5.74. The molecule has 0 radical (unpaired) electrons. The average Bonchev–Trinajstić information content (AvgIpc) is 3.12. The minimum absolute atomic E-state index is 0.204. The quantitative estimate of drug-likeness (QED) is 0.729. The second-order valence-corrected chi connectivity index (χ2v) is 6.23. The summed E-state index contributed by atoms with van der Waals surface area (Å²) in [4.78, 5) is 23.1. The van der Waals surface area contributed by atoms with E-state index in [0.29, 0.717) is 6.54 Å². The molecule has 27 heavy (non-hydrogen) atoms. The van der Waals surface area contributed by atoms with Crippen molar-refractivity contribution in [3.8, 4) is 5.75 Å². The maximum Gasteiger partial charge on any atom is 0.318 e. The average molecular weight is 365 g/mol. The highest BCUT2D eigenvalue weighted by Gasteiger charge is 2.22. The Morgan fingerprint density at radius 2 is 1.96 bits per heavy atom. The van der Waals surface area contributed by atoms with E-state index in [1.54, 1.807) is 31.5 Å². The van der Waals surface area contributed by atoms with Gasteiger partial charge in [-0.1, -0.05) is 18.2 Å². The lowest BCUT2D eigenvalue weighted by molar-refractivity contribution is 0.203. The molecule has 0 saturated carbocycles. The van der Waals surface area contributed by atoms with E-state index in [4.69, 9.17) is 4.74 Å². The third kappa shape index (κ3) is 4.44. The Labute approximate surface area is 158 Å². The summed E-state index contributed by atoms with van der Waals surface area (Å²) in [7, 11) is 5.27. The summed E-state index contributed by atoms with van der Waals surface area (Å²) in [5.74, 6) is 1.51. The van der Waals surface area contributed by atoms with Gasteiger partial charge in [0.2, 0.25) is 0 Å². The number of rotatable bonds is 6. The number of nitrogens with zero attached hydrogens (tertiary/aromatic N) is 4. The molecule has 7 heteroatoms. The van der Waals surface area contributed by atoms with Gasteiger partial charge in [-0.2, -0.15) is 0 Å². The number of benzene rings is 1. The van der Waals surface area contributed by atoms with Crippen molar-refractivity contribution in [3.63, 3.8) is 0 Å². The molecular weight excluding hydrogens is 342 g/mol. The fraction of sp³-hybridized carbons (Fsp3) is 0.250. The maximum absolute atomic E-state index is 12.8. The third-order valence-corrected chi connectivity index (χ3v) is 4.31. The predicted molar refractivity (Wildman–Crippen MR) is 102 cm³/mol. The Balaban J connectivity index is 1.80. The van der Waals surface area contributed by atoms with Gasteiger partial charge in [0.25, 0.3) is 0 Å². The number of imidazole rings is 1. The summed E-state index contributed by atoms with van der Waals surface area (Å²) >= 11 is 0. The van der Waals surface area contributed by atoms with E-state index in [-0.39, 0.29) is 12.1 Å². The molecule has 140 valence electrons. The Kier molecular flexibility index (Phi) is 5.71. The first-order chi connectivity index (χ1) is 13.1. The summed E-state index contributed by atoms with van der Waals surface area (Å²) in [5.41, 5.74) is 1.75. The summed E-state index contributed by atoms with van der Waals surface area (Å²) in [5, 5.41) is 3.07. The zero-order chi connectivity index (χ0) is 19.2. The number of ether oxygens (including phenoxy) is 1. The number of aryl methyl sites for hydroxylation is 1. The number of methoxy groups -OCH3 is 1. The molecule has 3 rings (SSSR count). The fourth-order valence-corrected chi connectivity index (χ4v) is 2.79. The van der Waals surface area contributed by atoms with Crippen LogP contribution in [-0.2, 0) is 13.6 Å². The predicted octanol–water partition coefficient (Wildman–Crippen LogP) is 2.75. The third-order valence-electron chi connectivity index (χ3n) is 4.31. The van der Waals surface area contributed by atoms with Crippen LogP contribution in [0.25, 0.3) is 0 Å². The van der Waals surface area contributed by atoms with Crippen LogP contribution in [0.4, 0.5) is 4.79 Å². The molecule has 2 heterocycles. The first-order valence-corrected chi connectivity index (χ1v) is 8.61. The Hall–Kier alpha value is -3.35. The number of carbonyl (C=O) groups is 1. The second-order valence-electron chi connectivity index (χ2n) is 6.23. The number of nitrogens with one attached hydrogen (secondary N) is 1. The van der Waals surface area contributed by atoms with Gasteiger partial charge in [-0.15, -0.1) is 0 Å². The zero-order valence-corrected chi connectivity index (χ0v) is 15.7. The molecule has 1 atom stereocenters. The summed E-state index contributed by atoms with van der Waals surface area (Å²) < 4.78 is 7.12. The molecule has 3 aromatic rings. The highest BCUT2D eigenvalue weighted by Crippen LogP contribution is 2.23. The van der Waals surface area contributed by atoms with Gasteiger partial charge in [0, 0.05) is 32.7 Å². The Morgan fingerprint density at radius 1 is 1.19 bits per heavy atom. The molecule has 0 spiro atoms. The molecule has 0 aliphatic heterocycles. The maximum atomic E-state index is 12.8. The van der Waals surface area contributed by atoms with Gasteiger partial charge in [0.15, 0.2) is 0 Å². The Bertz CT molecular complexity index is 877. The van der Waals surface area contributed by atoms with Crippen molar-refractivity contribution in [2.45, 2.75) is 12.6 Å². The van der Waals surface area contributed by atoms with Gasteiger partial charge in [-0.3, -0.25) is 4.98 Å². The molecule has 0 aliphatic carbocycles. The topological polar surface area (TPSA) is 72.3 Å². The van der Waals surface area contributed by atoms with Crippen LogP contribution >= 0.6 is 0 Å². The molecular formula is C20H23N5O2. The molecule has 2 amide bonds. The van der Waals surface area contributed by atoms with Crippen molar-refractivity contribution in [2.75, 3.05) is 14.2 Å². The largest absolute Gasteiger partial charge is 0.497 e. The smallest absolute Gasteiger partial charge is 0.318 e. The normalized spacial score (nSPS) is 11.7. The van der Waals surface area contributed by atoms with Gasteiger partial charge >= 0.3 is 6.03 Å². The monoisotopic (exact) mass is 365 g/mol. The molecule has 1 aromatic carbocycles. The first-order valence-electron chi connectivity index (χ1n) is 8.61. The van der Waals surface area contributed by atoms with E-state index in [0.717, 1.165) is 22.8 Å². The number of pyridine rings is 1.